The lowest BCUT2D eigenvalue weighted by molar-refractivity contribution is 0.281. The average molecular weight is 310 g/mol. The lowest BCUT2D eigenvalue weighted by atomic mass is 10.1. The van der Waals surface area contributed by atoms with Crippen LogP contribution in [-0.4, -0.2) is 28.7 Å². The van der Waals surface area contributed by atoms with E-state index in [9.17, 15) is 13.5 Å². The molecule has 0 saturated carbocycles. The smallest absolute Gasteiger partial charge is 0.241 e. The lowest BCUT2D eigenvalue weighted by Crippen LogP contribution is -2.28. The number of benzene rings is 1. The minimum Gasteiger partial charge on any atom is -0.392 e. The number of H-pyrrole nitrogens is 1. The molecule has 2 rings (SSSR count). The third-order valence-electron chi connectivity index (χ3n) is 3.16. The summed E-state index contributed by atoms with van der Waals surface area (Å²) in [6.07, 6.45) is 1.91. The van der Waals surface area contributed by atoms with Gasteiger partial charge in [0.15, 0.2) is 0 Å². The summed E-state index contributed by atoms with van der Waals surface area (Å²) in [6, 6.07) is 4.41. The highest BCUT2D eigenvalue weighted by Crippen LogP contribution is 2.20. The normalized spacial score (nSPS) is 13.3. The van der Waals surface area contributed by atoms with Gasteiger partial charge in [0.25, 0.3) is 0 Å². The van der Waals surface area contributed by atoms with Crippen molar-refractivity contribution in [3.8, 4) is 0 Å². The first-order valence-electron chi connectivity index (χ1n) is 6.58. The molecule has 0 aliphatic rings. The van der Waals surface area contributed by atoms with Gasteiger partial charge in [-0.05, 0) is 30.5 Å². The predicted molar refractivity (Wildman–Crippen MR) is 76.9 cm³/mol. The molecule has 0 aliphatic heterocycles. The fraction of sp³-hybridized carbons (Fsp3) is 0.385. The zero-order valence-electron chi connectivity index (χ0n) is 11.9. The molecule has 2 aromatic rings. The SMILES string of the molecule is CCc1ccc(CO)cc1S(=O)(=O)NC(C)c1ncn[nH]1. The summed E-state index contributed by atoms with van der Waals surface area (Å²) in [5.41, 5.74) is 1.25. The maximum atomic E-state index is 12.5. The monoisotopic (exact) mass is 310 g/mol. The summed E-state index contributed by atoms with van der Waals surface area (Å²) in [7, 11) is -3.71. The first kappa shape index (κ1) is 15.6. The first-order chi connectivity index (χ1) is 9.97. The summed E-state index contributed by atoms with van der Waals surface area (Å²) in [5.74, 6) is 0.440. The van der Waals surface area contributed by atoms with Crippen LogP contribution < -0.4 is 4.72 Å². The third-order valence-corrected chi connectivity index (χ3v) is 4.78. The predicted octanol–water partition coefficient (Wildman–Crippen LogP) is 0.899. The highest BCUT2D eigenvalue weighted by atomic mass is 32.2. The molecule has 0 spiro atoms. The van der Waals surface area contributed by atoms with Crippen LogP contribution in [0, 0.1) is 0 Å². The van der Waals surface area contributed by atoms with Crippen molar-refractivity contribution in [3.63, 3.8) is 0 Å². The topological polar surface area (TPSA) is 108 Å². The Morgan fingerprint density at radius 1 is 1.43 bits per heavy atom. The van der Waals surface area contributed by atoms with E-state index in [1.54, 1.807) is 19.1 Å². The number of aliphatic hydroxyl groups excluding tert-OH is 1. The van der Waals surface area contributed by atoms with Gasteiger partial charge in [-0.15, -0.1) is 0 Å². The number of aliphatic hydroxyl groups is 1. The molecule has 1 aromatic carbocycles. The average Bonchev–Trinajstić information content (AvgIpc) is 3.00. The van der Waals surface area contributed by atoms with E-state index < -0.39 is 16.1 Å². The molecule has 21 heavy (non-hydrogen) atoms. The van der Waals surface area contributed by atoms with Gasteiger partial charge in [-0.2, -0.15) is 5.10 Å². The van der Waals surface area contributed by atoms with E-state index in [0.29, 0.717) is 23.4 Å². The molecule has 0 fully saturated rings. The molecule has 1 unspecified atom stereocenters. The van der Waals surface area contributed by atoms with Gasteiger partial charge in [-0.3, -0.25) is 5.10 Å². The van der Waals surface area contributed by atoms with Crippen LogP contribution in [0.4, 0.5) is 0 Å². The number of aromatic nitrogens is 3. The van der Waals surface area contributed by atoms with Crippen molar-refractivity contribution in [3.05, 3.63) is 41.5 Å². The molecule has 1 aromatic heterocycles. The quantitative estimate of drug-likeness (QED) is 0.734. The van der Waals surface area contributed by atoms with Gasteiger partial charge >= 0.3 is 0 Å². The van der Waals surface area contributed by atoms with E-state index in [-0.39, 0.29) is 11.5 Å². The number of nitrogens with one attached hydrogen (secondary N) is 2. The minimum absolute atomic E-state index is 0.183. The Labute approximate surface area is 123 Å². The molecule has 0 bridgehead atoms. The van der Waals surface area contributed by atoms with E-state index in [2.05, 4.69) is 19.9 Å². The van der Waals surface area contributed by atoms with Crippen LogP contribution in [0.5, 0.6) is 0 Å². The summed E-state index contributed by atoms with van der Waals surface area (Å²) in [5, 5.41) is 15.5. The third kappa shape index (κ3) is 3.46. The molecule has 0 radical (unpaired) electrons. The Balaban J connectivity index is 2.34. The second-order valence-electron chi connectivity index (χ2n) is 4.67. The summed E-state index contributed by atoms with van der Waals surface area (Å²) in [4.78, 5) is 4.12. The molecule has 0 aliphatic carbocycles. The Kier molecular flexibility index (Phi) is 4.71. The van der Waals surface area contributed by atoms with Crippen molar-refractivity contribution in [2.75, 3.05) is 0 Å². The van der Waals surface area contributed by atoms with Gasteiger partial charge in [0, 0.05) is 0 Å². The molecular formula is C13H18N4O3S. The lowest BCUT2D eigenvalue weighted by Gasteiger charge is -2.15. The number of rotatable bonds is 6. The summed E-state index contributed by atoms with van der Waals surface area (Å²) < 4.78 is 27.6. The molecule has 7 nitrogen and oxygen atoms in total. The van der Waals surface area contributed by atoms with Gasteiger partial charge in [-0.1, -0.05) is 19.1 Å². The van der Waals surface area contributed by atoms with E-state index >= 15 is 0 Å². The molecule has 114 valence electrons. The largest absolute Gasteiger partial charge is 0.392 e. The van der Waals surface area contributed by atoms with Crippen LogP contribution in [0.3, 0.4) is 0 Å². The minimum atomic E-state index is -3.71. The molecule has 0 saturated heterocycles. The number of hydrogen-bond donors (Lipinski definition) is 3. The number of sulfonamides is 1. The van der Waals surface area contributed by atoms with Crippen LogP contribution >= 0.6 is 0 Å². The van der Waals surface area contributed by atoms with Gasteiger partial charge in [0.05, 0.1) is 17.5 Å². The van der Waals surface area contributed by atoms with Gasteiger partial charge in [0.2, 0.25) is 10.0 Å². The van der Waals surface area contributed by atoms with E-state index in [4.69, 9.17) is 0 Å². The molecule has 1 atom stereocenters. The fourth-order valence-corrected chi connectivity index (χ4v) is 3.58. The molecule has 3 N–H and O–H groups in total. The maximum absolute atomic E-state index is 12.5. The maximum Gasteiger partial charge on any atom is 0.241 e. The fourth-order valence-electron chi connectivity index (χ4n) is 2.02. The van der Waals surface area contributed by atoms with E-state index in [0.717, 1.165) is 0 Å². The van der Waals surface area contributed by atoms with Crippen molar-refractivity contribution in [1.29, 1.82) is 0 Å². The number of aryl methyl sites for hydroxylation is 1. The first-order valence-corrected chi connectivity index (χ1v) is 8.06. The second-order valence-corrected chi connectivity index (χ2v) is 6.35. The van der Waals surface area contributed by atoms with Crippen molar-refractivity contribution >= 4 is 10.0 Å². The zero-order valence-corrected chi connectivity index (χ0v) is 12.7. The molecular weight excluding hydrogens is 292 g/mol. The summed E-state index contributed by atoms with van der Waals surface area (Å²) >= 11 is 0. The molecule has 0 amide bonds. The number of aromatic amines is 1. The van der Waals surface area contributed by atoms with E-state index in [1.165, 1.54) is 12.4 Å². The van der Waals surface area contributed by atoms with Crippen LogP contribution in [0.15, 0.2) is 29.4 Å². The number of nitrogens with zero attached hydrogens (tertiary/aromatic N) is 2. The Bertz CT molecular complexity index is 698. The van der Waals surface area contributed by atoms with Crippen LogP contribution in [0.2, 0.25) is 0 Å². The van der Waals surface area contributed by atoms with Crippen LogP contribution in [0.1, 0.15) is 36.8 Å². The highest BCUT2D eigenvalue weighted by molar-refractivity contribution is 7.89. The van der Waals surface area contributed by atoms with Crippen molar-refractivity contribution in [2.24, 2.45) is 0 Å². The Morgan fingerprint density at radius 2 is 2.19 bits per heavy atom. The molecule has 8 heteroatoms. The van der Waals surface area contributed by atoms with Crippen molar-refractivity contribution in [2.45, 2.75) is 37.8 Å². The molecule has 1 heterocycles. The van der Waals surface area contributed by atoms with Crippen molar-refractivity contribution in [1.82, 2.24) is 19.9 Å². The highest BCUT2D eigenvalue weighted by Gasteiger charge is 2.22. The summed E-state index contributed by atoms with van der Waals surface area (Å²) in [6.45, 7) is 3.36. The van der Waals surface area contributed by atoms with Gasteiger partial charge in [0.1, 0.15) is 12.2 Å². The standard InChI is InChI=1S/C13H18N4O3S/c1-3-11-5-4-10(7-18)6-12(11)21(19,20)17-9(2)13-14-8-15-16-13/h4-6,8-9,17-18H,3,7H2,1-2H3,(H,14,15,16). The second kappa shape index (κ2) is 6.33. The Morgan fingerprint density at radius 3 is 2.76 bits per heavy atom. The van der Waals surface area contributed by atoms with Crippen molar-refractivity contribution < 1.29 is 13.5 Å². The number of hydrogen-bond acceptors (Lipinski definition) is 5. The van der Waals surface area contributed by atoms with Crippen LogP contribution in [0.25, 0.3) is 0 Å². The zero-order chi connectivity index (χ0) is 15.5. The van der Waals surface area contributed by atoms with Gasteiger partial charge in [-0.25, -0.2) is 18.1 Å². The van der Waals surface area contributed by atoms with Gasteiger partial charge < -0.3 is 5.11 Å². The Hall–Kier alpha value is -1.77. The van der Waals surface area contributed by atoms with E-state index in [1.807, 2.05) is 6.92 Å². The van der Waals surface area contributed by atoms with Crippen LogP contribution in [-0.2, 0) is 23.1 Å².